The van der Waals surface area contributed by atoms with E-state index < -0.39 is 5.41 Å². The second kappa shape index (κ2) is 10.5. The second-order valence-electron chi connectivity index (χ2n) is 9.81. The average Bonchev–Trinajstić information content (AvgIpc) is 3.52. The lowest BCUT2D eigenvalue weighted by Crippen LogP contribution is -2.35. The molecule has 9 nitrogen and oxygen atoms in total. The standard InChI is InChI=1S/C28H30N6O3/c29-15-21(16-32-23-7-11-37-17-23)20-3-1-2-19(12-20)13-26(35)33-25-14-24(6-9-31-25)34-10-8-28(18-30,27(34)36)22-4-5-22/h1-3,6,9,12,14-16,22-23H,4-5,7-8,10-11,13,17,29H2,(H,31,33,35)/t23?,28-/m1/s1. The zero-order valence-electron chi connectivity index (χ0n) is 20.6. The molecule has 2 atom stereocenters. The van der Waals surface area contributed by atoms with E-state index in [1.54, 1.807) is 29.4 Å². The molecule has 0 bridgehead atoms. The normalized spacial score (nSPS) is 24.0. The number of aromatic nitrogens is 1. The number of allylic oxidation sites excluding steroid dienone is 1. The number of hydrogen-bond acceptors (Lipinski definition) is 7. The van der Waals surface area contributed by atoms with Crippen molar-refractivity contribution in [1.29, 1.82) is 5.26 Å². The van der Waals surface area contributed by atoms with Crippen molar-refractivity contribution in [2.75, 3.05) is 30.0 Å². The van der Waals surface area contributed by atoms with Crippen molar-refractivity contribution in [3.63, 3.8) is 0 Å². The fourth-order valence-corrected chi connectivity index (χ4v) is 5.06. The summed E-state index contributed by atoms with van der Waals surface area (Å²) in [6.45, 7) is 1.83. The molecule has 9 heteroatoms. The molecule has 3 heterocycles. The number of amides is 2. The van der Waals surface area contributed by atoms with Crippen molar-refractivity contribution < 1.29 is 14.3 Å². The summed E-state index contributed by atoms with van der Waals surface area (Å²) in [5.41, 5.74) is 8.04. The molecule has 190 valence electrons. The lowest BCUT2D eigenvalue weighted by atomic mass is 9.83. The Kier molecular flexibility index (Phi) is 7.01. The quantitative estimate of drug-likeness (QED) is 0.537. The van der Waals surface area contributed by atoms with Crippen molar-refractivity contribution in [2.45, 2.75) is 38.1 Å². The zero-order chi connectivity index (χ0) is 25.8. The lowest BCUT2D eigenvalue weighted by molar-refractivity contribution is -0.123. The molecule has 1 saturated carbocycles. The van der Waals surface area contributed by atoms with Crippen LogP contribution >= 0.6 is 0 Å². The van der Waals surface area contributed by atoms with Crippen molar-refractivity contribution in [2.24, 2.45) is 22.1 Å². The number of aliphatic imine (C=N–C) groups is 1. The first-order valence-electron chi connectivity index (χ1n) is 12.6. The minimum absolute atomic E-state index is 0.146. The Morgan fingerprint density at radius 1 is 1.32 bits per heavy atom. The molecule has 3 fully saturated rings. The summed E-state index contributed by atoms with van der Waals surface area (Å²) >= 11 is 0. The van der Waals surface area contributed by atoms with Crippen LogP contribution in [0.4, 0.5) is 11.5 Å². The summed E-state index contributed by atoms with van der Waals surface area (Å²) in [5.74, 6) is 0.143. The highest BCUT2D eigenvalue weighted by Gasteiger charge is 2.56. The molecule has 37 heavy (non-hydrogen) atoms. The molecule has 0 spiro atoms. The highest BCUT2D eigenvalue weighted by atomic mass is 16.5. The monoisotopic (exact) mass is 498 g/mol. The maximum absolute atomic E-state index is 13.1. The Bertz CT molecular complexity index is 1290. The van der Waals surface area contributed by atoms with Crippen molar-refractivity contribution in [3.05, 3.63) is 59.9 Å². The van der Waals surface area contributed by atoms with Crippen molar-refractivity contribution in [1.82, 2.24) is 4.98 Å². The predicted molar refractivity (Wildman–Crippen MR) is 141 cm³/mol. The first-order valence-corrected chi connectivity index (χ1v) is 12.6. The summed E-state index contributed by atoms with van der Waals surface area (Å²) in [7, 11) is 0. The topological polar surface area (TPSA) is 134 Å². The first-order chi connectivity index (χ1) is 18.0. The number of rotatable bonds is 8. The van der Waals surface area contributed by atoms with Gasteiger partial charge in [-0.15, -0.1) is 0 Å². The van der Waals surface area contributed by atoms with Gasteiger partial charge in [-0.3, -0.25) is 14.6 Å². The van der Waals surface area contributed by atoms with Crippen LogP contribution in [0.1, 0.15) is 36.8 Å². The summed E-state index contributed by atoms with van der Waals surface area (Å²) < 4.78 is 5.36. The molecular formula is C28H30N6O3. The average molecular weight is 499 g/mol. The van der Waals surface area contributed by atoms with E-state index in [0.29, 0.717) is 31.1 Å². The van der Waals surface area contributed by atoms with E-state index in [0.717, 1.165) is 42.6 Å². The Morgan fingerprint density at radius 2 is 2.19 bits per heavy atom. The molecule has 2 saturated heterocycles. The molecule has 1 unspecified atom stereocenters. The first kappa shape index (κ1) is 24.7. The van der Waals surface area contributed by atoms with Crippen molar-refractivity contribution in [3.8, 4) is 6.07 Å². The Hall–Kier alpha value is -4.03. The lowest BCUT2D eigenvalue weighted by Gasteiger charge is -2.21. The Morgan fingerprint density at radius 3 is 2.92 bits per heavy atom. The molecule has 5 rings (SSSR count). The van der Waals surface area contributed by atoms with Crippen molar-refractivity contribution >= 4 is 35.1 Å². The van der Waals surface area contributed by atoms with Crippen LogP contribution in [0, 0.1) is 22.7 Å². The van der Waals surface area contributed by atoms with Crippen LogP contribution in [0.3, 0.4) is 0 Å². The van der Waals surface area contributed by atoms with Crippen LogP contribution in [-0.4, -0.2) is 48.8 Å². The van der Waals surface area contributed by atoms with E-state index >= 15 is 0 Å². The summed E-state index contributed by atoms with van der Waals surface area (Å²) in [5, 5.41) is 12.6. The molecule has 2 aliphatic heterocycles. The largest absolute Gasteiger partial charge is 0.404 e. The van der Waals surface area contributed by atoms with Gasteiger partial charge in [-0.1, -0.05) is 24.3 Å². The number of anilines is 2. The molecule has 0 radical (unpaired) electrons. The van der Waals surface area contributed by atoms with E-state index in [1.807, 2.05) is 24.3 Å². The summed E-state index contributed by atoms with van der Waals surface area (Å²) in [6.07, 6.45) is 8.27. The molecule has 1 aliphatic carbocycles. The van der Waals surface area contributed by atoms with Gasteiger partial charge in [0.15, 0.2) is 0 Å². The number of ether oxygens (including phenoxy) is 1. The third-order valence-corrected chi connectivity index (χ3v) is 7.29. The van der Waals surface area contributed by atoms with Gasteiger partial charge in [0.2, 0.25) is 11.8 Å². The number of pyridine rings is 1. The number of nitrogens with two attached hydrogens (primary N) is 1. The van der Waals surface area contributed by atoms with Crippen LogP contribution in [0.15, 0.2) is 53.8 Å². The highest BCUT2D eigenvalue weighted by Crippen LogP contribution is 2.51. The number of carbonyl (C=O) groups excluding carboxylic acids is 2. The predicted octanol–water partition coefficient (Wildman–Crippen LogP) is 3.08. The smallest absolute Gasteiger partial charge is 0.247 e. The fraction of sp³-hybridized carbons (Fsp3) is 0.393. The molecule has 3 N–H and O–H groups in total. The van der Waals surface area contributed by atoms with Gasteiger partial charge in [0.25, 0.3) is 0 Å². The number of hydrogen-bond donors (Lipinski definition) is 2. The maximum Gasteiger partial charge on any atom is 0.247 e. The van der Waals surface area contributed by atoms with Gasteiger partial charge in [0.05, 0.1) is 25.1 Å². The second-order valence-corrected chi connectivity index (χ2v) is 9.81. The maximum atomic E-state index is 13.1. The van der Waals surface area contributed by atoms with E-state index in [2.05, 4.69) is 21.4 Å². The van der Waals surface area contributed by atoms with E-state index in [1.165, 1.54) is 6.20 Å². The van der Waals surface area contributed by atoms with Gasteiger partial charge >= 0.3 is 0 Å². The Balaban J connectivity index is 1.23. The Labute approximate surface area is 216 Å². The minimum Gasteiger partial charge on any atom is -0.404 e. The number of nitrogens with zero attached hydrogens (tertiary/aromatic N) is 4. The number of benzene rings is 1. The van der Waals surface area contributed by atoms with Gasteiger partial charge in [0, 0.05) is 49.1 Å². The van der Waals surface area contributed by atoms with E-state index in [-0.39, 0.29) is 30.2 Å². The minimum atomic E-state index is -0.913. The molecule has 1 aromatic heterocycles. The fourth-order valence-electron chi connectivity index (χ4n) is 5.06. The van der Waals surface area contributed by atoms with Crippen LogP contribution in [0.2, 0.25) is 0 Å². The van der Waals surface area contributed by atoms with Gasteiger partial charge in [-0.2, -0.15) is 5.26 Å². The number of nitrogens with one attached hydrogen (secondary N) is 1. The summed E-state index contributed by atoms with van der Waals surface area (Å²) in [4.78, 5) is 36.4. The van der Waals surface area contributed by atoms with E-state index in [9.17, 15) is 14.9 Å². The molecule has 1 aromatic carbocycles. The molecule has 2 amide bonds. The zero-order valence-corrected chi connectivity index (χ0v) is 20.6. The molecular weight excluding hydrogens is 468 g/mol. The summed E-state index contributed by atoms with van der Waals surface area (Å²) in [6, 6.07) is 13.5. The van der Waals surface area contributed by atoms with Gasteiger partial charge < -0.3 is 20.7 Å². The highest BCUT2D eigenvalue weighted by molar-refractivity contribution is 6.09. The van der Waals surface area contributed by atoms with Crippen LogP contribution < -0.4 is 16.0 Å². The van der Waals surface area contributed by atoms with Crippen LogP contribution in [0.25, 0.3) is 5.57 Å². The van der Waals surface area contributed by atoms with E-state index in [4.69, 9.17) is 10.5 Å². The van der Waals surface area contributed by atoms with Gasteiger partial charge in [0.1, 0.15) is 11.2 Å². The molecule has 3 aliphatic rings. The third-order valence-electron chi connectivity index (χ3n) is 7.29. The van der Waals surface area contributed by atoms with Crippen LogP contribution in [0.5, 0.6) is 0 Å². The third kappa shape index (κ3) is 5.25. The molecule has 2 aromatic rings. The number of nitriles is 1. The van der Waals surface area contributed by atoms with Gasteiger partial charge in [-0.05, 0) is 48.8 Å². The van der Waals surface area contributed by atoms with Gasteiger partial charge in [-0.25, -0.2) is 4.98 Å². The SMILES string of the molecule is N#C[C@@]1(C2CC2)CCN(c2ccnc(NC(=O)Cc3cccc(C(C=NC4CCOC4)=CN)c3)c2)C1=O. The van der Waals surface area contributed by atoms with Crippen LogP contribution in [-0.2, 0) is 20.7 Å². The number of carbonyl (C=O) groups is 2.